The normalized spacial score (nSPS) is 11.9. The van der Waals surface area contributed by atoms with Gasteiger partial charge in [0.15, 0.2) is 4.34 Å². The molecule has 0 aliphatic carbocycles. The van der Waals surface area contributed by atoms with E-state index in [1.807, 2.05) is 44.2 Å². The molecule has 0 spiro atoms. The average molecular weight is 457 g/mol. The topological polar surface area (TPSA) is 100 Å². The van der Waals surface area contributed by atoms with Gasteiger partial charge in [-0.05, 0) is 35.7 Å². The van der Waals surface area contributed by atoms with Crippen molar-refractivity contribution in [3.63, 3.8) is 0 Å². The maximum Gasteiger partial charge on any atom is 0.269 e. The molecule has 2 aromatic carbocycles. The number of aromatic nitrogens is 1. The molecule has 7 nitrogen and oxygen atoms in total. The van der Waals surface area contributed by atoms with Crippen LogP contribution in [0, 0.1) is 5.92 Å². The third-order valence-electron chi connectivity index (χ3n) is 4.46. The van der Waals surface area contributed by atoms with Gasteiger partial charge in [-0.2, -0.15) is 0 Å². The Morgan fingerprint density at radius 1 is 1.03 bits per heavy atom. The first-order valence-electron chi connectivity index (χ1n) is 9.78. The Bertz CT molecular complexity index is 1050. The van der Waals surface area contributed by atoms with E-state index in [9.17, 15) is 14.4 Å². The van der Waals surface area contributed by atoms with Gasteiger partial charge < -0.3 is 5.32 Å². The van der Waals surface area contributed by atoms with Crippen LogP contribution in [0.4, 0.5) is 0 Å². The highest BCUT2D eigenvalue weighted by Gasteiger charge is 2.23. The molecule has 3 amide bonds. The second-order valence-electron chi connectivity index (χ2n) is 7.30. The van der Waals surface area contributed by atoms with Crippen LogP contribution in [-0.4, -0.2) is 28.7 Å². The van der Waals surface area contributed by atoms with Gasteiger partial charge in [-0.15, -0.1) is 11.3 Å². The molecule has 0 fully saturated rings. The van der Waals surface area contributed by atoms with E-state index in [-0.39, 0.29) is 11.8 Å². The predicted molar refractivity (Wildman–Crippen MR) is 124 cm³/mol. The van der Waals surface area contributed by atoms with Crippen molar-refractivity contribution in [2.24, 2.45) is 5.92 Å². The minimum atomic E-state index is -0.722. The summed E-state index contributed by atoms with van der Waals surface area (Å²) in [6, 6.07) is 14.5. The zero-order valence-corrected chi connectivity index (χ0v) is 19.1. The molecule has 1 atom stereocenters. The second kappa shape index (κ2) is 10.4. The van der Waals surface area contributed by atoms with Crippen LogP contribution in [0.25, 0.3) is 10.2 Å². The minimum absolute atomic E-state index is 0.118. The van der Waals surface area contributed by atoms with Gasteiger partial charge in [-0.25, -0.2) is 4.98 Å². The van der Waals surface area contributed by atoms with Gasteiger partial charge in [0, 0.05) is 18.2 Å². The molecule has 0 aliphatic heterocycles. The van der Waals surface area contributed by atoms with Gasteiger partial charge in [0.25, 0.3) is 11.8 Å². The number of thiazole rings is 1. The standard InChI is InChI=1S/C22H24N4O3S2/c1-13(2)19(23-14(3)27)21(29)26-25-20(28)16-10-8-15(9-11-16)12-30-22-24-17-6-4-5-7-18(17)31-22/h4-11,13,19H,12H2,1-3H3,(H,23,27)(H,25,28)(H,26,29). The number of fused-ring (bicyclic) bond motifs is 1. The van der Waals surface area contributed by atoms with Crippen LogP contribution in [0.1, 0.15) is 36.7 Å². The molecule has 3 N–H and O–H groups in total. The van der Waals surface area contributed by atoms with E-state index in [0.29, 0.717) is 5.56 Å². The predicted octanol–water partition coefficient (Wildman–Crippen LogP) is 3.51. The van der Waals surface area contributed by atoms with E-state index >= 15 is 0 Å². The van der Waals surface area contributed by atoms with E-state index in [1.54, 1.807) is 35.2 Å². The molecular formula is C22H24N4O3S2. The number of carbonyl (C=O) groups excluding carboxylic acids is 3. The van der Waals surface area contributed by atoms with Gasteiger partial charge in [0.05, 0.1) is 10.2 Å². The third kappa shape index (κ3) is 6.28. The fourth-order valence-electron chi connectivity index (χ4n) is 2.83. The fourth-order valence-corrected chi connectivity index (χ4v) is 4.86. The van der Waals surface area contributed by atoms with Crippen molar-refractivity contribution in [3.05, 3.63) is 59.7 Å². The van der Waals surface area contributed by atoms with E-state index < -0.39 is 17.9 Å². The number of hydrogen-bond acceptors (Lipinski definition) is 6. The molecule has 1 aromatic heterocycles. The Hall–Kier alpha value is -2.91. The second-order valence-corrected chi connectivity index (χ2v) is 9.55. The molecule has 162 valence electrons. The van der Waals surface area contributed by atoms with E-state index in [2.05, 4.69) is 27.2 Å². The summed E-state index contributed by atoms with van der Waals surface area (Å²) in [4.78, 5) is 40.4. The van der Waals surface area contributed by atoms with Crippen molar-refractivity contribution in [2.75, 3.05) is 0 Å². The Morgan fingerprint density at radius 2 is 1.74 bits per heavy atom. The Kier molecular flexibility index (Phi) is 7.64. The zero-order valence-electron chi connectivity index (χ0n) is 17.5. The van der Waals surface area contributed by atoms with Gasteiger partial charge in [0.2, 0.25) is 5.91 Å². The van der Waals surface area contributed by atoms with E-state index in [4.69, 9.17) is 0 Å². The Labute approximate surface area is 189 Å². The summed E-state index contributed by atoms with van der Waals surface area (Å²) in [5.74, 6) is -0.579. The SMILES string of the molecule is CC(=O)NC(C(=O)NNC(=O)c1ccc(CSc2nc3ccccc3s2)cc1)C(C)C. The zero-order chi connectivity index (χ0) is 22.4. The summed E-state index contributed by atoms with van der Waals surface area (Å²) in [7, 11) is 0. The molecule has 31 heavy (non-hydrogen) atoms. The summed E-state index contributed by atoms with van der Waals surface area (Å²) in [5, 5.41) is 2.58. The summed E-state index contributed by atoms with van der Waals surface area (Å²) >= 11 is 3.32. The van der Waals surface area contributed by atoms with Gasteiger partial charge >= 0.3 is 0 Å². The molecule has 0 saturated carbocycles. The number of carbonyl (C=O) groups is 3. The maximum absolute atomic E-state index is 12.3. The number of rotatable bonds is 7. The Morgan fingerprint density at radius 3 is 2.39 bits per heavy atom. The molecule has 1 heterocycles. The lowest BCUT2D eigenvalue weighted by Gasteiger charge is -2.21. The van der Waals surface area contributed by atoms with Gasteiger partial charge in [0.1, 0.15) is 6.04 Å². The van der Waals surface area contributed by atoms with Crippen LogP contribution in [0.15, 0.2) is 52.9 Å². The third-order valence-corrected chi connectivity index (χ3v) is 6.71. The number of hydrogen-bond donors (Lipinski definition) is 3. The molecule has 3 rings (SSSR count). The average Bonchev–Trinajstić information content (AvgIpc) is 3.17. The van der Waals surface area contributed by atoms with Crippen molar-refractivity contribution >= 4 is 51.0 Å². The molecule has 1 unspecified atom stereocenters. The highest BCUT2D eigenvalue weighted by atomic mass is 32.2. The first-order chi connectivity index (χ1) is 14.8. The quantitative estimate of drug-likeness (QED) is 0.373. The lowest BCUT2D eigenvalue weighted by molar-refractivity contribution is -0.129. The lowest BCUT2D eigenvalue weighted by atomic mass is 10.0. The molecule has 0 bridgehead atoms. The van der Waals surface area contributed by atoms with Crippen LogP contribution >= 0.6 is 23.1 Å². The molecule has 0 aliphatic rings. The van der Waals surface area contributed by atoms with Crippen LogP contribution in [0.3, 0.4) is 0 Å². The van der Waals surface area contributed by atoms with E-state index in [1.165, 1.54) is 6.92 Å². The van der Waals surface area contributed by atoms with Crippen LogP contribution in [0.5, 0.6) is 0 Å². The van der Waals surface area contributed by atoms with Gasteiger partial charge in [-0.1, -0.05) is 49.9 Å². The first-order valence-corrected chi connectivity index (χ1v) is 11.6. The summed E-state index contributed by atoms with van der Waals surface area (Å²) < 4.78 is 2.17. The number of thioether (sulfide) groups is 1. The highest BCUT2D eigenvalue weighted by Crippen LogP contribution is 2.31. The Balaban J connectivity index is 1.52. The number of benzene rings is 2. The van der Waals surface area contributed by atoms with Crippen molar-refractivity contribution in [1.82, 2.24) is 21.2 Å². The highest BCUT2D eigenvalue weighted by molar-refractivity contribution is 8.00. The molecule has 9 heteroatoms. The smallest absolute Gasteiger partial charge is 0.269 e. The molecule has 0 saturated heterocycles. The maximum atomic E-state index is 12.3. The molecular weight excluding hydrogens is 432 g/mol. The number of amides is 3. The minimum Gasteiger partial charge on any atom is -0.344 e. The van der Waals surface area contributed by atoms with Gasteiger partial charge in [-0.3, -0.25) is 25.2 Å². The monoisotopic (exact) mass is 456 g/mol. The molecule has 3 aromatic rings. The van der Waals surface area contributed by atoms with Crippen LogP contribution < -0.4 is 16.2 Å². The first kappa shape index (κ1) is 22.8. The number of hydrazine groups is 1. The van der Waals surface area contributed by atoms with Crippen molar-refractivity contribution < 1.29 is 14.4 Å². The lowest BCUT2D eigenvalue weighted by Crippen LogP contribution is -2.54. The fraction of sp³-hybridized carbons (Fsp3) is 0.273. The van der Waals surface area contributed by atoms with E-state index in [0.717, 1.165) is 25.9 Å². The summed E-state index contributed by atoms with van der Waals surface area (Å²) in [6.45, 7) is 4.97. The summed E-state index contributed by atoms with van der Waals surface area (Å²) in [5.41, 5.74) is 7.27. The van der Waals surface area contributed by atoms with Crippen LogP contribution in [0.2, 0.25) is 0 Å². The number of nitrogens with one attached hydrogen (secondary N) is 3. The van der Waals surface area contributed by atoms with Crippen molar-refractivity contribution in [2.45, 2.75) is 36.9 Å². The van der Waals surface area contributed by atoms with Crippen LogP contribution in [-0.2, 0) is 15.3 Å². The van der Waals surface area contributed by atoms with Crippen molar-refractivity contribution in [1.29, 1.82) is 0 Å². The van der Waals surface area contributed by atoms with Crippen molar-refractivity contribution in [3.8, 4) is 0 Å². The largest absolute Gasteiger partial charge is 0.344 e. The number of nitrogens with zero attached hydrogens (tertiary/aromatic N) is 1. The number of para-hydroxylation sites is 1. The summed E-state index contributed by atoms with van der Waals surface area (Å²) in [6.07, 6.45) is 0. The molecule has 0 radical (unpaired) electrons.